The minimum atomic E-state index is -0.498. The molecule has 0 unspecified atom stereocenters. The van der Waals surface area contributed by atoms with E-state index < -0.39 is 4.92 Å². The quantitative estimate of drug-likeness (QED) is 0.530. The second-order valence-electron chi connectivity index (χ2n) is 6.30. The molecular weight excluding hydrogens is 378 g/mol. The Labute approximate surface area is 163 Å². The van der Waals surface area contributed by atoms with E-state index in [1.54, 1.807) is 24.3 Å². The Morgan fingerprint density at radius 3 is 2.71 bits per heavy atom. The SMILES string of the molecule is CC1=Nc2ccccc2/C1=C\c1sc(=O)n(Cc2ccccc2[N+](=O)[O-])c1O. The number of hydrogen-bond donors (Lipinski definition) is 1. The molecule has 0 radical (unpaired) electrons. The van der Waals surface area contributed by atoms with E-state index in [0.29, 0.717) is 10.4 Å². The number of para-hydroxylation sites is 2. The predicted octanol–water partition coefficient (Wildman–Crippen LogP) is 4.22. The van der Waals surface area contributed by atoms with Gasteiger partial charge in [0.05, 0.1) is 22.0 Å². The van der Waals surface area contributed by atoms with Crippen LogP contribution >= 0.6 is 11.3 Å². The minimum Gasteiger partial charge on any atom is -0.493 e. The first-order valence-electron chi connectivity index (χ1n) is 8.47. The lowest BCUT2D eigenvalue weighted by Gasteiger charge is -2.05. The van der Waals surface area contributed by atoms with Crippen LogP contribution in [0.5, 0.6) is 5.88 Å². The van der Waals surface area contributed by atoms with Gasteiger partial charge in [-0.3, -0.25) is 24.5 Å². The van der Waals surface area contributed by atoms with Crippen LogP contribution in [0.1, 0.15) is 22.9 Å². The molecule has 0 atom stereocenters. The Morgan fingerprint density at radius 2 is 1.93 bits per heavy atom. The summed E-state index contributed by atoms with van der Waals surface area (Å²) in [7, 11) is 0. The van der Waals surface area contributed by atoms with Gasteiger partial charge in [-0.05, 0) is 19.1 Å². The number of aliphatic imine (C=N–C) groups is 1. The molecule has 140 valence electrons. The number of nitrogens with zero attached hydrogens (tertiary/aromatic N) is 3. The van der Waals surface area contributed by atoms with E-state index in [1.807, 2.05) is 31.2 Å². The van der Waals surface area contributed by atoms with Gasteiger partial charge in [0.1, 0.15) is 0 Å². The Morgan fingerprint density at radius 1 is 1.21 bits per heavy atom. The van der Waals surface area contributed by atoms with Crippen LogP contribution in [0, 0.1) is 10.1 Å². The van der Waals surface area contributed by atoms with Crippen molar-refractivity contribution in [1.82, 2.24) is 4.57 Å². The van der Waals surface area contributed by atoms with Crippen LogP contribution in [0.3, 0.4) is 0 Å². The van der Waals surface area contributed by atoms with Crippen LogP contribution in [0.15, 0.2) is 58.3 Å². The maximum Gasteiger partial charge on any atom is 0.310 e. The molecule has 0 spiro atoms. The molecule has 1 N–H and O–H groups in total. The Kier molecular flexibility index (Phi) is 4.40. The third-order valence-corrected chi connectivity index (χ3v) is 5.47. The van der Waals surface area contributed by atoms with Crippen LogP contribution < -0.4 is 4.87 Å². The van der Waals surface area contributed by atoms with Gasteiger partial charge in [0.25, 0.3) is 5.69 Å². The van der Waals surface area contributed by atoms with Crippen molar-refractivity contribution in [2.45, 2.75) is 13.5 Å². The third kappa shape index (κ3) is 3.03. The van der Waals surface area contributed by atoms with Gasteiger partial charge in [-0.15, -0.1) is 0 Å². The van der Waals surface area contributed by atoms with Crippen molar-refractivity contribution >= 4 is 40.1 Å². The van der Waals surface area contributed by atoms with Gasteiger partial charge in [0, 0.05) is 28.5 Å². The zero-order chi connectivity index (χ0) is 19.8. The number of benzene rings is 2. The summed E-state index contributed by atoms with van der Waals surface area (Å²) >= 11 is 0.894. The largest absolute Gasteiger partial charge is 0.493 e. The summed E-state index contributed by atoms with van der Waals surface area (Å²) in [5.74, 6) is -0.210. The molecule has 0 amide bonds. The molecule has 0 saturated heterocycles. The van der Waals surface area contributed by atoms with Crippen LogP contribution in [0.4, 0.5) is 11.4 Å². The van der Waals surface area contributed by atoms with Crippen molar-refractivity contribution < 1.29 is 10.0 Å². The number of aromatic nitrogens is 1. The fourth-order valence-corrected chi connectivity index (χ4v) is 4.02. The van der Waals surface area contributed by atoms with Gasteiger partial charge >= 0.3 is 4.87 Å². The number of fused-ring (bicyclic) bond motifs is 1. The van der Waals surface area contributed by atoms with Gasteiger partial charge in [0.2, 0.25) is 5.88 Å². The molecular formula is C20H15N3O4S. The molecule has 8 heteroatoms. The van der Waals surface area contributed by atoms with Crippen molar-refractivity contribution in [3.63, 3.8) is 0 Å². The summed E-state index contributed by atoms with van der Waals surface area (Å²) in [6.07, 6.45) is 1.74. The first-order valence-corrected chi connectivity index (χ1v) is 9.29. The summed E-state index contributed by atoms with van der Waals surface area (Å²) in [5, 5.41) is 21.8. The highest BCUT2D eigenvalue weighted by Gasteiger charge is 2.21. The van der Waals surface area contributed by atoms with E-state index >= 15 is 0 Å². The zero-order valence-corrected chi connectivity index (χ0v) is 15.6. The lowest BCUT2D eigenvalue weighted by Crippen LogP contribution is -2.14. The van der Waals surface area contributed by atoms with Crippen LogP contribution in [0.25, 0.3) is 11.6 Å². The normalized spacial score (nSPS) is 14.2. The van der Waals surface area contributed by atoms with Crippen molar-refractivity contribution in [3.05, 3.63) is 84.3 Å². The minimum absolute atomic E-state index is 0.0782. The van der Waals surface area contributed by atoms with Crippen molar-refractivity contribution in [2.75, 3.05) is 0 Å². The number of aromatic hydroxyl groups is 1. The van der Waals surface area contributed by atoms with Gasteiger partial charge in [0.15, 0.2) is 0 Å². The fourth-order valence-electron chi connectivity index (χ4n) is 3.19. The van der Waals surface area contributed by atoms with Crippen molar-refractivity contribution in [1.29, 1.82) is 0 Å². The molecule has 0 aliphatic carbocycles. The van der Waals surface area contributed by atoms with E-state index in [9.17, 15) is 20.0 Å². The van der Waals surface area contributed by atoms with Crippen LogP contribution in [-0.4, -0.2) is 20.3 Å². The molecule has 0 fully saturated rings. The van der Waals surface area contributed by atoms with Crippen LogP contribution in [0.2, 0.25) is 0 Å². The number of thiazole rings is 1. The Hall–Kier alpha value is -3.52. The number of allylic oxidation sites excluding steroid dienone is 1. The van der Waals surface area contributed by atoms with E-state index in [4.69, 9.17) is 0 Å². The van der Waals surface area contributed by atoms with Gasteiger partial charge in [-0.25, -0.2) is 0 Å². The molecule has 7 nitrogen and oxygen atoms in total. The van der Waals surface area contributed by atoms with E-state index in [0.717, 1.165) is 38.4 Å². The number of hydrogen-bond acceptors (Lipinski definition) is 6. The molecule has 4 rings (SSSR count). The predicted molar refractivity (Wildman–Crippen MR) is 110 cm³/mol. The number of nitro groups is 1. The average Bonchev–Trinajstić information content (AvgIpc) is 3.13. The summed E-state index contributed by atoms with van der Waals surface area (Å²) in [6.45, 7) is 1.79. The zero-order valence-electron chi connectivity index (χ0n) is 14.8. The molecule has 2 heterocycles. The molecule has 0 saturated carbocycles. The lowest BCUT2D eigenvalue weighted by atomic mass is 10.0. The van der Waals surface area contributed by atoms with E-state index in [2.05, 4.69) is 4.99 Å². The highest BCUT2D eigenvalue weighted by Crippen LogP contribution is 2.37. The Balaban J connectivity index is 1.75. The number of nitro benzene ring substituents is 1. The van der Waals surface area contributed by atoms with E-state index in [-0.39, 0.29) is 23.0 Å². The summed E-state index contributed by atoms with van der Waals surface area (Å²) in [4.78, 5) is 27.7. The van der Waals surface area contributed by atoms with Gasteiger partial charge in [-0.2, -0.15) is 0 Å². The molecule has 1 aliphatic rings. The maximum absolute atomic E-state index is 12.4. The highest BCUT2D eigenvalue weighted by atomic mass is 32.1. The second-order valence-corrected chi connectivity index (χ2v) is 7.29. The summed E-state index contributed by atoms with van der Waals surface area (Å²) in [5.41, 5.74) is 3.68. The Bertz CT molecular complexity index is 1220. The maximum atomic E-state index is 12.4. The molecule has 1 aromatic heterocycles. The highest BCUT2D eigenvalue weighted by molar-refractivity contribution is 7.10. The monoisotopic (exact) mass is 393 g/mol. The van der Waals surface area contributed by atoms with Crippen LogP contribution in [-0.2, 0) is 6.54 Å². The first kappa shape index (κ1) is 17.9. The molecule has 3 aromatic rings. The van der Waals surface area contributed by atoms with Crippen molar-refractivity contribution in [2.24, 2.45) is 4.99 Å². The standard InChI is InChI=1S/C20H15N3O4S/c1-12-15(14-7-3-4-8-16(14)21-12)10-18-19(24)22(20(25)28-18)11-13-6-2-5-9-17(13)23(26)27/h2-10,24H,11H2,1H3/b15-10-. The third-order valence-electron chi connectivity index (χ3n) is 4.56. The smallest absolute Gasteiger partial charge is 0.310 e. The number of rotatable bonds is 4. The van der Waals surface area contributed by atoms with Gasteiger partial charge in [-0.1, -0.05) is 47.7 Å². The van der Waals surface area contributed by atoms with Crippen molar-refractivity contribution in [3.8, 4) is 5.88 Å². The molecule has 1 aliphatic heterocycles. The molecule has 2 aromatic carbocycles. The lowest BCUT2D eigenvalue weighted by molar-refractivity contribution is -0.385. The van der Waals surface area contributed by atoms with Gasteiger partial charge < -0.3 is 5.11 Å². The first-order chi connectivity index (χ1) is 13.5. The topological polar surface area (TPSA) is 97.7 Å². The molecule has 0 bridgehead atoms. The second kappa shape index (κ2) is 6.90. The fraction of sp³-hybridized carbons (Fsp3) is 0.100. The summed E-state index contributed by atoms with van der Waals surface area (Å²) in [6, 6.07) is 13.8. The molecule has 28 heavy (non-hydrogen) atoms. The van der Waals surface area contributed by atoms with E-state index in [1.165, 1.54) is 6.07 Å². The average molecular weight is 393 g/mol. The summed E-state index contributed by atoms with van der Waals surface area (Å²) < 4.78 is 1.15.